The molecule has 0 aliphatic carbocycles. The van der Waals surface area contributed by atoms with Gasteiger partial charge in [0.15, 0.2) is 0 Å². The molecule has 0 radical (unpaired) electrons. The minimum Gasteiger partial charge on any atom is -0.379 e. The first-order valence-corrected chi connectivity index (χ1v) is 6.24. The lowest BCUT2D eigenvalue weighted by atomic mass is 10.2. The van der Waals surface area contributed by atoms with Gasteiger partial charge >= 0.3 is 0 Å². The van der Waals surface area contributed by atoms with E-state index in [1.54, 1.807) is 0 Å². The summed E-state index contributed by atoms with van der Waals surface area (Å²) in [7, 11) is 0. The summed E-state index contributed by atoms with van der Waals surface area (Å²) in [5.41, 5.74) is 0. The van der Waals surface area contributed by atoms with Crippen molar-refractivity contribution in [1.29, 1.82) is 5.26 Å². The third kappa shape index (κ3) is 2.73. The van der Waals surface area contributed by atoms with Crippen LogP contribution in [0.3, 0.4) is 0 Å². The highest BCUT2D eigenvalue weighted by atomic mass is 16.5. The lowest BCUT2D eigenvalue weighted by molar-refractivity contribution is 0.0178. The molecule has 0 amide bonds. The standard InChI is InChI=1S/C12H21N3O/c1-11(2-4-13)15-5-3-12(10-15)14-6-8-16-9-7-14/h11-12H,2-3,5-10H2,1H3. The van der Waals surface area contributed by atoms with E-state index in [0.717, 1.165) is 39.4 Å². The highest BCUT2D eigenvalue weighted by Crippen LogP contribution is 2.19. The molecule has 0 aromatic rings. The maximum atomic E-state index is 8.71. The van der Waals surface area contributed by atoms with E-state index in [1.807, 2.05) is 0 Å². The average molecular weight is 223 g/mol. The maximum Gasteiger partial charge on any atom is 0.0638 e. The van der Waals surface area contributed by atoms with Crippen molar-refractivity contribution >= 4 is 0 Å². The van der Waals surface area contributed by atoms with Crippen LogP contribution in [-0.2, 0) is 4.74 Å². The van der Waals surface area contributed by atoms with Gasteiger partial charge in [-0.1, -0.05) is 0 Å². The van der Waals surface area contributed by atoms with E-state index >= 15 is 0 Å². The molecule has 0 saturated carbocycles. The Hall–Kier alpha value is -0.630. The molecule has 0 spiro atoms. The van der Waals surface area contributed by atoms with E-state index in [1.165, 1.54) is 6.42 Å². The summed E-state index contributed by atoms with van der Waals surface area (Å²) in [5.74, 6) is 0. The van der Waals surface area contributed by atoms with Crippen LogP contribution in [0.4, 0.5) is 0 Å². The van der Waals surface area contributed by atoms with Gasteiger partial charge in [-0.25, -0.2) is 0 Å². The van der Waals surface area contributed by atoms with Gasteiger partial charge in [-0.05, 0) is 13.3 Å². The summed E-state index contributed by atoms with van der Waals surface area (Å²) in [6, 6.07) is 3.36. The third-order valence-corrected chi connectivity index (χ3v) is 3.77. The van der Waals surface area contributed by atoms with E-state index in [2.05, 4.69) is 22.8 Å². The van der Waals surface area contributed by atoms with Crippen molar-refractivity contribution in [3.8, 4) is 6.07 Å². The van der Waals surface area contributed by atoms with Gasteiger partial charge in [-0.2, -0.15) is 5.26 Å². The van der Waals surface area contributed by atoms with Crippen molar-refractivity contribution in [2.75, 3.05) is 39.4 Å². The Morgan fingerprint density at radius 2 is 2.12 bits per heavy atom. The second-order valence-electron chi connectivity index (χ2n) is 4.80. The smallest absolute Gasteiger partial charge is 0.0638 e. The van der Waals surface area contributed by atoms with Crippen molar-refractivity contribution < 1.29 is 4.74 Å². The lowest BCUT2D eigenvalue weighted by Crippen LogP contribution is -2.45. The molecule has 2 aliphatic heterocycles. The number of likely N-dealkylation sites (tertiary alicyclic amines) is 1. The first kappa shape index (κ1) is 11.8. The van der Waals surface area contributed by atoms with Gasteiger partial charge in [0.05, 0.1) is 25.7 Å². The Bertz CT molecular complexity index is 257. The Labute approximate surface area is 97.8 Å². The lowest BCUT2D eigenvalue weighted by Gasteiger charge is -2.32. The third-order valence-electron chi connectivity index (χ3n) is 3.77. The van der Waals surface area contributed by atoms with Crippen molar-refractivity contribution in [3.63, 3.8) is 0 Å². The second-order valence-corrected chi connectivity index (χ2v) is 4.80. The Morgan fingerprint density at radius 3 is 2.81 bits per heavy atom. The largest absolute Gasteiger partial charge is 0.379 e. The number of nitrogens with zero attached hydrogens (tertiary/aromatic N) is 3. The molecule has 0 aromatic carbocycles. The molecule has 2 heterocycles. The SMILES string of the molecule is CC(CC#N)N1CCC(N2CCOCC2)C1. The Balaban J connectivity index is 1.80. The van der Waals surface area contributed by atoms with Gasteiger partial charge in [-0.15, -0.1) is 0 Å². The van der Waals surface area contributed by atoms with E-state index in [-0.39, 0.29) is 0 Å². The molecule has 90 valence electrons. The van der Waals surface area contributed by atoms with Gasteiger partial charge in [0.25, 0.3) is 0 Å². The number of hydrogen-bond acceptors (Lipinski definition) is 4. The predicted molar refractivity (Wildman–Crippen MR) is 62.1 cm³/mol. The van der Waals surface area contributed by atoms with Crippen LogP contribution in [-0.4, -0.2) is 61.3 Å². The van der Waals surface area contributed by atoms with Gasteiger partial charge in [0.2, 0.25) is 0 Å². The average Bonchev–Trinajstić information content (AvgIpc) is 2.80. The molecule has 2 fully saturated rings. The van der Waals surface area contributed by atoms with Gasteiger partial charge in [-0.3, -0.25) is 9.80 Å². The maximum absolute atomic E-state index is 8.71. The van der Waals surface area contributed by atoms with Crippen molar-refractivity contribution in [1.82, 2.24) is 9.80 Å². The zero-order chi connectivity index (χ0) is 11.4. The Morgan fingerprint density at radius 1 is 1.38 bits per heavy atom. The van der Waals surface area contributed by atoms with Gasteiger partial charge in [0, 0.05) is 38.3 Å². The summed E-state index contributed by atoms with van der Waals surface area (Å²) in [5, 5.41) is 8.71. The van der Waals surface area contributed by atoms with E-state index in [0.29, 0.717) is 18.5 Å². The first-order chi connectivity index (χ1) is 7.81. The number of nitriles is 1. The van der Waals surface area contributed by atoms with E-state index in [4.69, 9.17) is 10.00 Å². The summed E-state index contributed by atoms with van der Waals surface area (Å²) >= 11 is 0. The van der Waals surface area contributed by atoms with Crippen LogP contribution in [0.25, 0.3) is 0 Å². The fourth-order valence-electron chi connectivity index (χ4n) is 2.67. The van der Waals surface area contributed by atoms with Gasteiger partial charge < -0.3 is 4.74 Å². The Kier molecular flexibility index (Phi) is 4.16. The topological polar surface area (TPSA) is 39.5 Å². The molecule has 4 nitrogen and oxygen atoms in total. The van der Waals surface area contributed by atoms with Crippen molar-refractivity contribution in [2.45, 2.75) is 31.8 Å². The zero-order valence-electron chi connectivity index (χ0n) is 10.1. The molecular weight excluding hydrogens is 202 g/mol. The molecule has 2 unspecified atom stereocenters. The second kappa shape index (κ2) is 5.62. The molecule has 0 aromatic heterocycles. The minimum absolute atomic E-state index is 0.413. The van der Waals surface area contributed by atoms with Gasteiger partial charge in [0.1, 0.15) is 0 Å². The normalized spacial score (nSPS) is 30.1. The molecule has 2 saturated heterocycles. The zero-order valence-corrected chi connectivity index (χ0v) is 10.1. The molecule has 2 rings (SSSR count). The summed E-state index contributed by atoms with van der Waals surface area (Å²) in [6.45, 7) is 8.34. The van der Waals surface area contributed by atoms with Crippen LogP contribution in [0.1, 0.15) is 19.8 Å². The van der Waals surface area contributed by atoms with E-state index in [9.17, 15) is 0 Å². The highest BCUT2D eigenvalue weighted by molar-refractivity contribution is 4.89. The minimum atomic E-state index is 0.413. The molecule has 16 heavy (non-hydrogen) atoms. The van der Waals surface area contributed by atoms with Crippen molar-refractivity contribution in [3.05, 3.63) is 0 Å². The predicted octanol–water partition coefficient (Wildman–Crippen LogP) is 0.695. The number of ether oxygens (including phenoxy) is 1. The molecule has 2 atom stereocenters. The summed E-state index contributed by atoms with van der Waals surface area (Å²) in [6.07, 6.45) is 1.89. The number of rotatable bonds is 3. The monoisotopic (exact) mass is 223 g/mol. The fourth-order valence-corrected chi connectivity index (χ4v) is 2.67. The summed E-state index contributed by atoms with van der Waals surface area (Å²) in [4.78, 5) is 4.99. The van der Waals surface area contributed by atoms with Crippen LogP contribution >= 0.6 is 0 Å². The number of hydrogen-bond donors (Lipinski definition) is 0. The van der Waals surface area contributed by atoms with Crippen LogP contribution in [0.5, 0.6) is 0 Å². The fraction of sp³-hybridized carbons (Fsp3) is 0.917. The van der Waals surface area contributed by atoms with Crippen molar-refractivity contribution in [2.24, 2.45) is 0 Å². The van der Waals surface area contributed by atoms with Crippen LogP contribution in [0.2, 0.25) is 0 Å². The molecule has 0 bridgehead atoms. The molecule has 2 aliphatic rings. The van der Waals surface area contributed by atoms with Crippen LogP contribution in [0.15, 0.2) is 0 Å². The summed E-state index contributed by atoms with van der Waals surface area (Å²) < 4.78 is 5.37. The quantitative estimate of drug-likeness (QED) is 0.706. The van der Waals surface area contributed by atoms with Crippen LogP contribution in [0, 0.1) is 11.3 Å². The molecule has 0 N–H and O–H groups in total. The number of morpholine rings is 1. The molecule has 4 heteroatoms. The van der Waals surface area contributed by atoms with Crippen LogP contribution < -0.4 is 0 Å². The highest BCUT2D eigenvalue weighted by Gasteiger charge is 2.30. The van der Waals surface area contributed by atoms with E-state index < -0.39 is 0 Å². The molecular formula is C12H21N3O. The first-order valence-electron chi connectivity index (χ1n) is 6.24.